The van der Waals surface area contributed by atoms with E-state index < -0.39 is 24.0 Å². The lowest BCUT2D eigenvalue weighted by Gasteiger charge is -2.27. The lowest BCUT2D eigenvalue weighted by atomic mass is 10.0. The maximum Gasteiger partial charge on any atom is 0.328 e. The number of aliphatic hydroxyl groups excluding tert-OH is 1. The summed E-state index contributed by atoms with van der Waals surface area (Å²) in [7, 11) is 0. The standard InChI is InChI=1S/C26H31F2NO4/c1-17-8-9-19(14-25(17)28)13-20-5-4-12-29(20)15-21(30)16-33-18(2)22-6-3-7-24(27)23(22)10-11-26(31)32/h3,6-11,14,18,20-21,30H,4-5,12-13,15-16H2,1-2H3,(H,31,32)/b11-10+/t18-,20+,21+/m1/s1. The van der Waals surface area contributed by atoms with E-state index in [1.807, 2.05) is 6.07 Å². The number of hydrogen-bond donors (Lipinski definition) is 2. The van der Waals surface area contributed by atoms with Crippen molar-refractivity contribution < 1.29 is 28.5 Å². The van der Waals surface area contributed by atoms with Gasteiger partial charge in [-0.1, -0.05) is 24.3 Å². The van der Waals surface area contributed by atoms with E-state index in [9.17, 15) is 18.7 Å². The first-order chi connectivity index (χ1) is 15.7. The summed E-state index contributed by atoms with van der Waals surface area (Å²) in [6.07, 6.45) is 3.56. The van der Waals surface area contributed by atoms with Gasteiger partial charge in [0.15, 0.2) is 0 Å². The molecule has 0 radical (unpaired) electrons. The average Bonchev–Trinajstić information content (AvgIpc) is 3.19. The van der Waals surface area contributed by atoms with E-state index in [1.54, 1.807) is 38.1 Å². The first-order valence-corrected chi connectivity index (χ1v) is 11.2. The van der Waals surface area contributed by atoms with Crippen LogP contribution in [0.2, 0.25) is 0 Å². The molecule has 0 spiro atoms. The van der Waals surface area contributed by atoms with Crippen LogP contribution in [0.15, 0.2) is 42.5 Å². The maximum absolute atomic E-state index is 14.2. The zero-order valence-electron chi connectivity index (χ0n) is 19.0. The normalized spacial score (nSPS) is 18.6. The highest BCUT2D eigenvalue weighted by Crippen LogP contribution is 2.26. The van der Waals surface area contributed by atoms with Crippen LogP contribution in [0.5, 0.6) is 0 Å². The molecule has 1 fully saturated rings. The van der Waals surface area contributed by atoms with E-state index >= 15 is 0 Å². The number of carboxylic acid groups (broad SMARTS) is 1. The summed E-state index contributed by atoms with van der Waals surface area (Å²) < 4.78 is 33.9. The van der Waals surface area contributed by atoms with Crippen LogP contribution < -0.4 is 0 Å². The molecule has 178 valence electrons. The zero-order valence-corrected chi connectivity index (χ0v) is 19.0. The lowest BCUT2D eigenvalue weighted by molar-refractivity contribution is -0.131. The second-order valence-corrected chi connectivity index (χ2v) is 8.62. The van der Waals surface area contributed by atoms with Gasteiger partial charge in [-0.3, -0.25) is 4.90 Å². The number of carbonyl (C=O) groups is 1. The molecule has 3 atom stereocenters. The molecule has 7 heteroatoms. The molecule has 0 aromatic heterocycles. The van der Waals surface area contributed by atoms with Crippen molar-refractivity contribution in [2.24, 2.45) is 0 Å². The molecule has 1 saturated heterocycles. The molecule has 2 N–H and O–H groups in total. The fourth-order valence-electron chi connectivity index (χ4n) is 4.31. The highest BCUT2D eigenvalue weighted by Gasteiger charge is 2.27. The fraction of sp³-hybridized carbons (Fsp3) is 0.423. The molecule has 2 aromatic rings. The van der Waals surface area contributed by atoms with Gasteiger partial charge in [-0.2, -0.15) is 0 Å². The Hall–Kier alpha value is -2.61. The number of rotatable bonds is 10. The van der Waals surface area contributed by atoms with Crippen LogP contribution in [0.3, 0.4) is 0 Å². The minimum absolute atomic E-state index is 0.0577. The van der Waals surface area contributed by atoms with Crippen molar-refractivity contribution in [2.75, 3.05) is 19.7 Å². The highest BCUT2D eigenvalue weighted by molar-refractivity contribution is 5.85. The first-order valence-electron chi connectivity index (χ1n) is 11.2. The van der Waals surface area contributed by atoms with Crippen molar-refractivity contribution in [1.82, 2.24) is 4.90 Å². The summed E-state index contributed by atoms with van der Waals surface area (Å²) in [5.74, 6) is -1.90. The topological polar surface area (TPSA) is 70.0 Å². The summed E-state index contributed by atoms with van der Waals surface area (Å²) in [6, 6.07) is 10.0. The number of aryl methyl sites for hydroxylation is 1. The van der Waals surface area contributed by atoms with Gasteiger partial charge in [-0.05, 0) is 74.6 Å². The summed E-state index contributed by atoms with van der Waals surface area (Å²) in [5.41, 5.74) is 2.25. The van der Waals surface area contributed by atoms with Crippen LogP contribution in [-0.2, 0) is 16.0 Å². The molecule has 0 bridgehead atoms. The van der Waals surface area contributed by atoms with Gasteiger partial charge in [0, 0.05) is 24.2 Å². The van der Waals surface area contributed by atoms with Crippen LogP contribution in [0.25, 0.3) is 6.08 Å². The van der Waals surface area contributed by atoms with Crippen LogP contribution in [0.1, 0.15) is 48.1 Å². The van der Waals surface area contributed by atoms with E-state index in [4.69, 9.17) is 9.84 Å². The van der Waals surface area contributed by atoms with Crippen molar-refractivity contribution in [2.45, 2.75) is 51.4 Å². The molecule has 3 rings (SSSR count). The van der Waals surface area contributed by atoms with Gasteiger partial charge in [-0.15, -0.1) is 0 Å². The van der Waals surface area contributed by atoms with E-state index in [2.05, 4.69) is 4.90 Å². The number of hydrogen-bond acceptors (Lipinski definition) is 4. The van der Waals surface area contributed by atoms with Gasteiger partial charge < -0.3 is 14.9 Å². The highest BCUT2D eigenvalue weighted by atomic mass is 19.1. The Bertz CT molecular complexity index is 994. The number of benzene rings is 2. The first kappa shape index (κ1) is 25.0. The molecule has 0 amide bonds. The Morgan fingerprint density at radius 3 is 2.79 bits per heavy atom. The number of likely N-dealkylation sites (tertiary alicyclic amines) is 1. The van der Waals surface area contributed by atoms with Crippen LogP contribution in [0.4, 0.5) is 8.78 Å². The van der Waals surface area contributed by atoms with Gasteiger partial charge in [0.2, 0.25) is 0 Å². The summed E-state index contributed by atoms with van der Waals surface area (Å²) in [4.78, 5) is 13.0. The number of carboxylic acids is 1. The Balaban J connectivity index is 1.56. The molecule has 1 heterocycles. The number of aliphatic carboxylic acids is 1. The number of ether oxygens (including phenoxy) is 1. The van der Waals surface area contributed by atoms with Gasteiger partial charge in [0.25, 0.3) is 0 Å². The summed E-state index contributed by atoms with van der Waals surface area (Å²) >= 11 is 0. The zero-order chi connectivity index (χ0) is 24.0. The monoisotopic (exact) mass is 459 g/mol. The van der Waals surface area contributed by atoms with Gasteiger partial charge in [-0.25, -0.2) is 13.6 Å². The van der Waals surface area contributed by atoms with Crippen LogP contribution in [-0.4, -0.2) is 52.9 Å². The lowest BCUT2D eigenvalue weighted by Crippen LogP contribution is -2.39. The Morgan fingerprint density at radius 1 is 1.27 bits per heavy atom. The second kappa shape index (κ2) is 11.5. The predicted octanol–water partition coefficient (Wildman–Crippen LogP) is 4.52. The Labute approximate surface area is 193 Å². The number of nitrogens with zero attached hydrogens (tertiary/aromatic N) is 1. The third-order valence-electron chi connectivity index (χ3n) is 6.11. The second-order valence-electron chi connectivity index (χ2n) is 8.62. The molecule has 5 nitrogen and oxygen atoms in total. The Kier molecular flexibility index (Phi) is 8.72. The van der Waals surface area contributed by atoms with Crippen LogP contribution >= 0.6 is 0 Å². The van der Waals surface area contributed by atoms with Gasteiger partial charge >= 0.3 is 5.97 Å². The molecular weight excluding hydrogens is 428 g/mol. The van der Waals surface area contributed by atoms with Gasteiger partial charge in [0.1, 0.15) is 11.6 Å². The third kappa shape index (κ3) is 6.93. The minimum atomic E-state index is -1.17. The van der Waals surface area contributed by atoms with Crippen molar-refractivity contribution >= 4 is 12.0 Å². The van der Waals surface area contributed by atoms with Crippen molar-refractivity contribution in [3.05, 3.63) is 76.4 Å². The summed E-state index contributed by atoms with van der Waals surface area (Å²) in [5, 5.41) is 19.4. The van der Waals surface area contributed by atoms with Crippen molar-refractivity contribution in [1.29, 1.82) is 0 Å². The number of halogens is 2. The molecule has 2 aromatic carbocycles. The molecular formula is C26H31F2NO4. The SMILES string of the molecule is Cc1ccc(C[C@@H]2CCCN2C[C@H](O)CO[C@H](C)c2cccc(F)c2/C=C/C(=O)O)cc1F. The minimum Gasteiger partial charge on any atom is -0.478 e. The average molecular weight is 460 g/mol. The molecule has 0 saturated carbocycles. The number of aliphatic hydroxyl groups is 1. The largest absolute Gasteiger partial charge is 0.478 e. The van der Waals surface area contributed by atoms with Crippen LogP contribution in [0, 0.1) is 18.6 Å². The molecule has 1 aliphatic rings. The molecule has 1 aliphatic heterocycles. The molecule has 33 heavy (non-hydrogen) atoms. The maximum atomic E-state index is 14.2. The Morgan fingerprint density at radius 2 is 2.06 bits per heavy atom. The van der Waals surface area contributed by atoms with E-state index in [-0.39, 0.29) is 24.0 Å². The predicted molar refractivity (Wildman–Crippen MR) is 123 cm³/mol. The van der Waals surface area contributed by atoms with Crippen molar-refractivity contribution in [3.63, 3.8) is 0 Å². The van der Waals surface area contributed by atoms with Crippen molar-refractivity contribution in [3.8, 4) is 0 Å². The smallest absolute Gasteiger partial charge is 0.328 e. The molecule has 0 unspecified atom stereocenters. The quantitative estimate of drug-likeness (QED) is 0.512. The number of β-amino-alcohol motifs (C(OH)–C–C–N with tert-alkyl or cyclic N) is 1. The fourth-order valence-corrected chi connectivity index (χ4v) is 4.31. The van der Waals surface area contributed by atoms with Gasteiger partial charge in [0.05, 0.1) is 18.8 Å². The van der Waals surface area contributed by atoms with E-state index in [0.717, 1.165) is 37.4 Å². The molecule has 0 aliphatic carbocycles. The third-order valence-corrected chi connectivity index (χ3v) is 6.11. The van der Waals surface area contributed by atoms with E-state index in [1.165, 1.54) is 12.1 Å². The van der Waals surface area contributed by atoms with E-state index in [0.29, 0.717) is 17.7 Å². The summed E-state index contributed by atoms with van der Waals surface area (Å²) in [6.45, 7) is 4.83.